The zero-order valence-electron chi connectivity index (χ0n) is 16.6. The molecular formula is C20H41N3S2. The van der Waals surface area contributed by atoms with Gasteiger partial charge in [0.15, 0.2) is 5.11 Å². The summed E-state index contributed by atoms with van der Waals surface area (Å²) in [6.07, 6.45) is 16.9. The van der Waals surface area contributed by atoms with Crippen molar-refractivity contribution in [3.05, 3.63) is 0 Å². The molecule has 5 heteroatoms. The Morgan fingerprint density at radius 3 is 1.60 bits per heavy atom. The van der Waals surface area contributed by atoms with Crippen LogP contribution in [0.3, 0.4) is 0 Å². The predicted molar refractivity (Wildman–Crippen MR) is 121 cm³/mol. The van der Waals surface area contributed by atoms with Crippen molar-refractivity contribution in [2.24, 2.45) is 0 Å². The number of unbranched alkanes of at least 4 members (excludes halogenated alkanes) is 10. The van der Waals surface area contributed by atoms with E-state index in [1.54, 1.807) is 0 Å². The molecule has 0 fully saturated rings. The van der Waals surface area contributed by atoms with Crippen LogP contribution in [0, 0.1) is 0 Å². The Bertz CT molecular complexity index is 322. The molecule has 148 valence electrons. The monoisotopic (exact) mass is 387 g/mol. The van der Waals surface area contributed by atoms with Gasteiger partial charge in [-0.2, -0.15) is 0 Å². The van der Waals surface area contributed by atoms with Crippen molar-refractivity contribution in [1.82, 2.24) is 16.0 Å². The summed E-state index contributed by atoms with van der Waals surface area (Å²) in [6, 6.07) is 0. The van der Waals surface area contributed by atoms with E-state index in [1.807, 2.05) is 0 Å². The van der Waals surface area contributed by atoms with E-state index in [9.17, 15) is 0 Å². The van der Waals surface area contributed by atoms with E-state index in [4.69, 9.17) is 24.4 Å². The fraction of sp³-hybridized carbons (Fsp3) is 0.900. The van der Waals surface area contributed by atoms with Crippen LogP contribution in [-0.2, 0) is 0 Å². The third-order valence-electron chi connectivity index (χ3n) is 4.31. The lowest BCUT2D eigenvalue weighted by Crippen LogP contribution is -2.36. The second kappa shape index (κ2) is 19.9. The maximum Gasteiger partial charge on any atom is 0.166 e. The van der Waals surface area contributed by atoms with Crippen molar-refractivity contribution in [3.63, 3.8) is 0 Å². The maximum atomic E-state index is 5.31. The Morgan fingerprint density at radius 1 is 0.600 bits per heavy atom. The molecule has 0 saturated heterocycles. The van der Waals surface area contributed by atoms with Gasteiger partial charge < -0.3 is 16.0 Å². The summed E-state index contributed by atoms with van der Waals surface area (Å²) in [6.45, 7) is 7.19. The van der Waals surface area contributed by atoms with E-state index in [0.29, 0.717) is 0 Å². The molecular weight excluding hydrogens is 346 g/mol. The van der Waals surface area contributed by atoms with Crippen LogP contribution < -0.4 is 16.0 Å². The first-order valence-corrected chi connectivity index (χ1v) is 11.3. The van der Waals surface area contributed by atoms with Gasteiger partial charge in [0.25, 0.3) is 0 Å². The highest BCUT2D eigenvalue weighted by Gasteiger charge is 1.97. The highest BCUT2D eigenvalue weighted by molar-refractivity contribution is 7.80. The summed E-state index contributed by atoms with van der Waals surface area (Å²) >= 11 is 10.5. The fourth-order valence-electron chi connectivity index (χ4n) is 2.77. The molecule has 3 N–H and O–H groups in total. The largest absolute Gasteiger partial charge is 0.380 e. The number of nitrogens with one attached hydrogen (secondary N) is 3. The lowest BCUT2D eigenvalue weighted by molar-refractivity contribution is 0.554. The van der Waals surface area contributed by atoms with Gasteiger partial charge in [-0.15, -0.1) is 0 Å². The smallest absolute Gasteiger partial charge is 0.166 e. The highest BCUT2D eigenvalue weighted by atomic mass is 32.1. The normalized spacial score (nSPS) is 10.5. The second-order valence-corrected chi connectivity index (χ2v) is 7.68. The van der Waals surface area contributed by atoms with Crippen LogP contribution in [0.2, 0.25) is 0 Å². The summed E-state index contributed by atoms with van der Waals surface area (Å²) in [4.78, 5) is 0.976. The molecule has 0 heterocycles. The Balaban J connectivity index is 3.21. The fourth-order valence-corrected chi connectivity index (χ4v) is 3.27. The van der Waals surface area contributed by atoms with E-state index in [2.05, 4.69) is 29.8 Å². The Hall–Kier alpha value is -0.420. The molecule has 3 nitrogen and oxygen atoms in total. The minimum Gasteiger partial charge on any atom is -0.380 e. The molecule has 0 aliphatic rings. The lowest BCUT2D eigenvalue weighted by Gasteiger charge is -2.10. The van der Waals surface area contributed by atoms with E-state index >= 15 is 0 Å². The predicted octanol–water partition coefficient (Wildman–Crippen LogP) is 5.48. The lowest BCUT2D eigenvalue weighted by atomic mass is 10.1. The summed E-state index contributed by atoms with van der Waals surface area (Å²) in [5.74, 6) is 0. The summed E-state index contributed by atoms with van der Waals surface area (Å²) in [5.41, 5.74) is 0. The van der Waals surface area contributed by atoms with Gasteiger partial charge in [-0.3, -0.25) is 0 Å². The minimum absolute atomic E-state index is 0.796. The van der Waals surface area contributed by atoms with Gasteiger partial charge in [0.1, 0.15) is 0 Å². The molecule has 0 amide bonds. The van der Waals surface area contributed by atoms with Crippen LogP contribution in [0.25, 0.3) is 0 Å². The van der Waals surface area contributed by atoms with Crippen LogP contribution in [0.1, 0.15) is 97.3 Å². The molecule has 0 aliphatic heterocycles. The first-order valence-electron chi connectivity index (χ1n) is 10.5. The van der Waals surface area contributed by atoms with Crippen LogP contribution in [0.15, 0.2) is 0 Å². The SMILES string of the molecule is CCCCCCCCCCCCNC(=S)NCCCCC(=S)NCC. The molecule has 0 aromatic carbocycles. The van der Waals surface area contributed by atoms with Crippen LogP contribution in [0.5, 0.6) is 0 Å². The molecule has 0 aromatic heterocycles. The first-order chi connectivity index (χ1) is 12.2. The average molecular weight is 388 g/mol. The molecule has 0 bridgehead atoms. The van der Waals surface area contributed by atoms with E-state index < -0.39 is 0 Å². The topological polar surface area (TPSA) is 36.1 Å². The zero-order valence-corrected chi connectivity index (χ0v) is 18.3. The van der Waals surface area contributed by atoms with Gasteiger partial charge >= 0.3 is 0 Å². The summed E-state index contributed by atoms with van der Waals surface area (Å²) in [5, 5.41) is 10.6. The quantitative estimate of drug-likeness (QED) is 0.228. The van der Waals surface area contributed by atoms with Crippen LogP contribution in [-0.4, -0.2) is 29.7 Å². The summed E-state index contributed by atoms with van der Waals surface area (Å²) < 4.78 is 0. The van der Waals surface area contributed by atoms with E-state index in [-0.39, 0.29) is 0 Å². The Kier molecular flexibility index (Phi) is 19.6. The third kappa shape index (κ3) is 19.7. The van der Waals surface area contributed by atoms with Gasteiger partial charge in [0.05, 0.1) is 4.99 Å². The number of hydrogen-bond acceptors (Lipinski definition) is 2. The molecule has 0 aromatic rings. The van der Waals surface area contributed by atoms with Gasteiger partial charge in [0, 0.05) is 19.6 Å². The zero-order chi connectivity index (χ0) is 18.6. The van der Waals surface area contributed by atoms with Crippen molar-refractivity contribution in [1.29, 1.82) is 0 Å². The van der Waals surface area contributed by atoms with Gasteiger partial charge in [0.2, 0.25) is 0 Å². The van der Waals surface area contributed by atoms with Crippen molar-refractivity contribution >= 4 is 34.5 Å². The van der Waals surface area contributed by atoms with E-state index in [1.165, 1.54) is 64.2 Å². The van der Waals surface area contributed by atoms with Crippen molar-refractivity contribution in [2.75, 3.05) is 19.6 Å². The molecule has 25 heavy (non-hydrogen) atoms. The van der Waals surface area contributed by atoms with Crippen LogP contribution in [0.4, 0.5) is 0 Å². The van der Waals surface area contributed by atoms with Crippen molar-refractivity contribution < 1.29 is 0 Å². The molecule has 0 atom stereocenters. The van der Waals surface area contributed by atoms with Crippen molar-refractivity contribution in [2.45, 2.75) is 97.3 Å². The van der Waals surface area contributed by atoms with Gasteiger partial charge in [-0.05, 0) is 44.8 Å². The standard InChI is InChI=1S/C20H41N3S2/c1-3-5-6-7-8-9-10-11-12-14-17-22-20(25)23-18-15-13-16-19(24)21-4-2/h3-18H2,1-2H3,(H,21,24)(H2,22,23,25). The van der Waals surface area contributed by atoms with Gasteiger partial charge in [-0.25, -0.2) is 0 Å². The van der Waals surface area contributed by atoms with Crippen LogP contribution >= 0.6 is 24.4 Å². The summed E-state index contributed by atoms with van der Waals surface area (Å²) in [7, 11) is 0. The third-order valence-corrected chi connectivity index (χ3v) is 4.94. The maximum absolute atomic E-state index is 5.31. The second-order valence-electron chi connectivity index (χ2n) is 6.78. The van der Waals surface area contributed by atoms with Gasteiger partial charge in [-0.1, -0.05) is 76.9 Å². The Morgan fingerprint density at radius 2 is 1.08 bits per heavy atom. The number of thiocarbonyl (C=S) groups is 2. The number of hydrogen-bond donors (Lipinski definition) is 3. The van der Waals surface area contributed by atoms with E-state index in [0.717, 1.165) is 49.0 Å². The molecule has 0 spiro atoms. The molecule has 0 saturated carbocycles. The average Bonchev–Trinajstić information content (AvgIpc) is 2.59. The first kappa shape index (κ1) is 24.6. The molecule has 0 rings (SSSR count). The Labute approximate surface area is 167 Å². The number of rotatable bonds is 17. The minimum atomic E-state index is 0.796. The molecule has 0 radical (unpaired) electrons. The van der Waals surface area contributed by atoms with Crippen molar-refractivity contribution in [3.8, 4) is 0 Å². The molecule has 0 unspecified atom stereocenters. The molecule has 0 aliphatic carbocycles. The highest BCUT2D eigenvalue weighted by Crippen LogP contribution is 2.10.